The molecule has 8 nitrogen and oxygen atoms in total. The summed E-state index contributed by atoms with van der Waals surface area (Å²) in [6.07, 6.45) is 1.12. The molecule has 0 heterocycles. The highest BCUT2D eigenvalue weighted by Gasteiger charge is 2.26. The normalized spacial score (nSPS) is 16.3. The van der Waals surface area contributed by atoms with Gasteiger partial charge < -0.3 is 19.5 Å². The molecule has 30 heavy (non-hydrogen) atoms. The van der Waals surface area contributed by atoms with Gasteiger partial charge in [0.05, 0.1) is 7.11 Å². The maximum atomic E-state index is 12.2. The largest absolute Gasteiger partial charge is 0.464 e. The van der Waals surface area contributed by atoms with Crippen molar-refractivity contribution in [3.63, 3.8) is 0 Å². The second-order valence-corrected chi connectivity index (χ2v) is 8.08. The molecule has 2 rings (SSSR count). The average molecular weight is 418 g/mol. The van der Waals surface area contributed by atoms with Crippen molar-refractivity contribution >= 4 is 18.2 Å². The molecule has 0 aliphatic heterocycles. The van der Waals surface area contributed by atoms with Crippen molar-refractivity contribution in [3.05, 3.63) is 47.2 Å². The molecule has 0 atom stereocenters. The Morgan fingerprint density at radius 2 is 1.67 bits per heavy atom. The minimum absolute atomic E-state index is 0.0625. The lowest BCUT2D eigenvalue weighted by molar-refractivity contribution is -0.136. The fourth-order valence-electron chi connectivity index (χ4n) is 3.08. The molecule has 2 amide bonds. The Morgan fingerprint density at radius 3 is 2.23 bits per heavy atom. The van der Waals surface area contributed by atoms with Crippen LogP contribution in [0.25, 0.3) is 0 Å². The van der Waals surface area contributed by atoms with E-state index in [0.29, 0.717) is 25.7 Å². The summed E-state index contributed by atoms with van der Waals surface area (Å²) < 4.78 is 15.3. The molecule has 1 aliphatic rings. The molecule has 0 aromatic heterocycles. The van der Waals surface area contributed by atoms with E-state index >= 15 is 0 Å². The Labute approximate surface area is 176 Å². The summed E-state index contributed by atoms with van der Waals surface area (Å²) >= 11 is 0. The van der Waals surface area contributed by atoms with E-state index in [0.717, 1.165) is 11.1 Å². The van der Waals surface area contributed by atoms with Gasteiger partial charge in [-0.05, 0) is 57.6 Å². The Morgan fingerprint density at radius 1 is 1.03 bits per heavy atom. The van der Waals surface area contributed by atoms with Crippen molar-refractivity contribution in [2.24, 2.45) is 0 Å². The van der Waals surface area contributed by atoms with Crippen LogP contribution in [0.3, 0.4) is 0 Å². The Balaban J connectivity index is 1.93. The first kappa shape index (κ1) is 23.3. The first-order valence-corrected chi connectivity index (χ1v) is 9.95. The van der Waals surface area contributed by atoms with Crippen LogP contribution >= 0.6 is 0 Å². The number of methoxy groups -OCH3 is 1. The number of rotatable bonds is 5. The molecule has 0 bridgehead atoms. The fraction of sp³-hybridized carbons (Fsp3) is 0.500. The molecule has 0 spiro atoms. The number of carbonyl (C=O) groups is 3. The van der Waals surface area contributed by atoms with Crippen LogP contribution in [0.15, 0.2) is 41.6 Å². The number of hydrogen-bond acceptors (Lipinski definition) is 6. The fourth-order valence-corrected chi connectivity index (χ4v) is 3.08. The number of benzene rings is 1. The third kappa shape index (κ3) is 7.77. The highest BCUT2D eigenvalue weighted by molar-refractivity contribution is 5.93. The predicted octanol–water partition coefficient (Wildman–Crippen LogP) is 3.81. The molecule has 2 N–H and O–H groups in total. The van der Waals surface area contributed by atoms with Crippen molar-refractivity contribution in [1.82, 2.24) is 10.6 Å². The van der Waals surface area contributed by atoms with Gasteiger partial charge in [0.15, 0.2) is 0 Å². The van der Waals surface area contributed by atoms with Crippen molar-refractivity contribution in [2.45, 2.75) is 64.7 Å². The molecule has 0 radical (unpaired) electrons. The molecule has 1 aromatic rings. The van der Waals surface area contributed by atoms with E-state index in [1.165, 1.54) is 7.11 Å². The molecule has 1 saturated carbocycles. The quantitative estimate of drug-likeness (QED) is 0.428. The highest BCUT2D eigenvalue weighted by Crippen LogP contribution is 2.26. The van der Waals surface area contributed by atoms with Crippen molar-refractivity contribution in [3.8, 4) is 0 Å². The Bertz CT molecular complexity index is 773. The average Bonchev–Trinajstić information content (AvgIpc) is 2.70. The second kappa shape index (κ2) is 10.7. The van der Waals surface area contributed by atoms with Crippen LogP contribution in [0.5, 0.6) is 0 Å². The molecule has 1 aliphatic carbocycles. The minimum Gasteiger partial charge on any atom is -0.464 e. The summed E-state index contributed by atoms with van der Waals surface area (Å²) in [5.74, 6) is -0.625. The lowest BCUT2D eigenvalue weighted by Crippen LogP contribution is -2.40. The van der Waals surface area contributed by atoms with Gasteiger partial charge in [0.2, 0.25) is 0 Å². The van der Waals surface area contributed by atoms with E-state index in [-0.39, 0.29) is 18.3 Å². The molecule has 1 aromatic carbocycles. The number of esters is 1. The van der Waals surface area contributed by atoms with Crippen LogP contribution in [0.1, 0.15) is 52.0 Å². The van der Waals surface area contributed by atoms with E-state index in [2.05, 4.69) is 10.6 Å². The topological polar surface area (TPSA) is 103 Å². The molecule has 0 unspecified atom stereocenters. The van der Waals surface area contributed by atoms with E-state index in [1.807, 2.05) is 30.3 Å². The number of ether oxygens (including phenoxy) is 3. The van der Waals surface area contributed by atoms with Crippen molar-refractivity contribution in [1.29, 1.82) is 0 Å². The number of alkyl carbamates (subject to hydrolysis) is 2. The van der Waals surface area contributed by atoms with E-state index in [9.17, 15) is 14.4 Å². The van der Waals surface area contributed by atoms with Crippen LogP contribution in [0, 0.1) is 0 Å². The summed E-state index contributed by atoms with van der Waals surface area (Å²) in [5.41, 5.74) is 1.15. The van der Waals surface area contributed by atoms with Gasteiger partial charge in [-0.3, -0.25) is 5.32 Å². The van der Waals surface area contributed by atoms with Crippen LogP contribution in [0.2, 0.25) is 0 Å². The van der Waals surface area contributed by atoms with Gasteiger partial charge in [0.25, 0.3) is 0 Å². The third-order valence-electron chi connectivity index (χ3n) is 4.49. The summed E-state index contributed by atoms with van der Waals surface area (Å²) in [4.78, 5) is 36.3. The second-order valence-electron chi connectivity index (χ2n) is 8.08. The highest BCUT2D eigenvalue weighted by atomic mass is 16.6. The lowest BCUT2D eigenvalue weighted by Gasteiger charge is -2.28. The molecule has 1 fully saturated rings. The van der Waals surface area contributed by atoms with Gasteiger partial charge in [-0.15, -0.1) is 0 Å². The summed E-state index contributed by atoms with van der Waals surface area (Å²) in [5, 5.41) is 5.37. The summed E-state index contributed by atoms with van der Waals surface area (Å²) in [6.45, 7) is 5.51. The van der Waals surface area contributed by atoms with E-state index < -0.39 is 23.8 Å². The lowest BCUT2D eigenvalue weighted by atomic mass is 9.89. The molecule has 164 valence electrons. The molecular weight excluding hydrogens is 388 g/mol. The van der Waals surface area contributed by atoms with Crippen molar-refractivity contribution in [2.75, 3.05) is 7.11 Å². The van der Waals surface area contributed by atoms with Crippen LogP contribution in [0.4, 0.5) is 9.59 Å². The van der Waals surface area contributed by atoms with Gasteiger partial charge in [-0.25, -0.2) is 14.4 Å². The Kier molecular flexibility index (Phi) is 8.26. The van der Waals surface area contributed by atoms with Gasteiger partial charge in [-0.1, -0.05) is 30.3 Å². The minimum atomic E-state index is -0.722. The van der Waals surface area contributed by atoms with Gasteiger partial charge in [-0.2, -0.15) is 0 Å². The standard InChI is InChI=1S/C22H30N2O6/c1-22(2,3)30-21(27)23-17-12-10-16(11-13-17)18(19(25)28-4)24-20(26)29-14-15-8-6-5-7-9-15/h5-9,17H,10-14H2,1-4H3,(H,23,27)(H,24,26). The molecular formula is C22H30N2O6. The third-order valence-corrected chi connectivity index (χ3v) is 4.49. The zero-order valence-corrected chi connectivity index (χ0v) is 17.9. The monoisotopic (exact) mass is 418 g/mol. The zero-order chi connectivity index (χ0) is 22.1. The van der Waals surface area contributed by atoms with E-state index in [4.69, 9.17) is 14.2 Å². The number of nitrogens with one attached hydrogen (secondary N) is 2. The molecule has 0 saturated heterocycles. The number of amides is 2. The first-order valence-electron chi connectivity index (χ1n) is 9.95. The van der Waals surface area contributed by atoms with Gasteiger partial charge >= 0.3 is 18.2 Å². The maximum absolute atomic E-state index is 12.2. The summed E-state index contributed by atoms with van der Waals surface area (Å²) in [6, 6.07) is 9.19. The smallest absolute Gasteiger partial charge is 0.412 e. The van der Waals surface area contributed by atoms with E-state index in [1.54, 1.807) is 20.8 Å². The number of allylic oxidation sites excluding steroid dienone is 1. The number of carbonyl (C=O) groups excluding carboxylic acids is 3. The SMILES string of the molecule is COC(=O)C(NC(=O)OCc1ccccc1)=C1CCC(NC(=O)OC(C)(C)C)CC1. The zero-order valence-electron chi connectivity index (χ0n) is 17.9. The van der Waals surface area contributed by atoms with Gasteiger partial charge in [0.1, 0.15) is 17.9 Å². The molecule has 8 heteroatoms. The Hall–Kier alpha value is -3.03. The number of hydrogen-bond donors (Lipinski definition) is 2. The van der Waals surface area contributed by atoms with Crippen molar-refractivity contribution < 1.29 is 28.6 Å². The van der Waals surface area contributed by atoms with Crippen LogP contribution in [-0.4, -0.2) is 36.9 Å². The predicted molar refractivity (Wildman–Crippen MR) is 110 cm³/mol. The summed E-state index contributed by atoms with van der Waals surface area (Å²) in [7, 11) is 1.26. The van der Waals surface area contributed by atoms with Crippen LogP contribution in [-0.2, 0) is 25.6 Å². The first-order chi connectivity index (χ1) is 14.2. The van der Waals surface area contributed by atoms with Crippen LogP contribution < -0.4 is 10.6 Å². The maximum Gasteiger partial charge on any atom is 0.412 e. The van der Waals surface area contributed by atoms with Gasteiger partial charge in [0, 0.05) is 6.04 Å².